The Kier molecular flexibility index (Phi) is 3.51. The molecule has 3 rings (SSSR count). The Labute approximate surface area is 121 Å². The van der Waals surface area contributed by atoms with Crippen LogP contribution in [-0.4, -0.2) is 38.2 Å². The van der Waals surface area contributed by atoms with Crippen molar-refractivity contribution >= 4 is 11.5 Å². The largest absolute Gasteiger partial charge is 0.356 e. The monoisotopic (exact) mass is 288 g/mol. The second kappa shape index (κ2) is 5.47. The van der Waals surface area contributed by atoms with Crippen molar-refractivity contribution in [1.29, 1.82) is 0 Å². The number of aromatic amines is 1. The number of H-pyrrole nitrogens is 1. The summed E-state index contributed by atoms with van der Waals surface area (Å²) in [6.45, 7) is 3.56. The molecule has 1 aliphatic heterocycles. The summed E-state index contributed by atoms with van der Waals surface area (Å²) in [5, 5.41) is 17.8. The third-order valence-corrected chi connectivity index (χ3v) is 3.67. The Balaban J connectivity index is 1.75. The number of anilines is 1. The van der Waals surface area contributed by atoms with Gasteiger partial charge in [0.15, 0.2) is 5.82 Å². The molecule has 1 fully saturated rings. The van der Waals surface area contributed by atoms with Gasteiger partial charge in [0.05, 0.1) is 4.92 Å². The van der Waals surface area contributed by atoms with Gasteiger partial charge in [0.2, 0.25) is 0 Å². The highest BCUT2D eigenvalue weighted by Gasteiger charge is 2.25. The smallest absolute Gasteiger partial charge is 0.287 e. The Hall–Kier alpha value is -2.51. The van der Waals surface area contributed by atoms with Crippen LogP contribution in [0.1, 0.15) is 30.4 Å². The average Bonchev–Trinajstić information content (AvgIpc) is 2.94. The number of piperidine rings is 1. The van der Waals surface area contributed by atoms with Gasteiger partial charge in [0.1, 0.15) is 17.8 Å². The van der Waals surface area contributed by atoms with E-state index in [1.165, 1.54) is 12.3 Å². The molecule has 0 aliphatic carbocycles. The lowest BCUT2D eigenvalue weighted by Gasteiger charge is -2.32. The Bertz CT molecular complexity index is 638. The van der Waals surface area contributed by atoms with Crippen molar-refractivity contribution in [2.75, 3.05) is 18.0 Å². The van der Waals surface area contributed by atoms with Crippen molar-refractivity contribution in [2.24, 2.45) is 0 Å². The lowest BCUT2D eigenvalue weighted by atomic mass is 9.97. The molecule has 1 saturated heterocycles. The van der Waals surface area contributed by atoms with Gasteiger partial charge in [-0.15, -0.1) is 0 Å². The van der Waals surface area contributed by atoms with Crippen LogP contribution in [0.25, 0.3) is 0 Å². The number of hydrogen-bond acceptors (Lipinski definition) is 6. The van der Waals surface area contributed by atoms with Crippen molar-refractivity contribution in [3.05, 3.63) is 40.1 Å². The summed E-state index contributed by atoms with van der Waals surface area (Å²) in [4.78, 5) is 20.9. The molecular formula is C13H16N6O2. The number of nitrogens with zero attached hydrogens (tertiary/aromatic N) is 5. The minimum absolute atomic E-state index is 0.0110. The van der Waals surface area contributed by atoms with Crippen LogP contribution in [0.3, 0.4) is 0 Å². The van der Waals surface area contributed by atoms with E-state index in [0.717, 1.165) is 43.4 Å². The van der Waals surface area contributed by atoms with Gasteiger partial charge in [-0.1, -0.05) is 0 Å². The molecule has 21 heavy (non-hydrogen) atoms. The molecule has 1 atom stereocenters. The van der Waals surface area contributed by atoms with Crippen LogP contribution in [0.5, 0.6) is 0 Å². The van der Waals surface area contributed by atoms with Crippen molar-refractivity contribution in [3.63, 3.8) is 0 Å². The molecule has 0 amide bonds. The molecule has 110 valence electrons. The fourth-order valence-corrected chi connectivity index (χ4v) is 2.61. The van der Waals surface area contributed by atoms with E-state index < -0.39 is 4.92 Å². The number of rotatable bonds is 3. The maximum Gasteiger partial charge on any atom is 0.287 e. The van der Waals surface area contributed by atoms with Crippen molar-refractivity contribution in [2.45, 2.75) is 25.7 Å². The summed E-state index contributed by atoms with van der Waals surface area (Å²) < 4.78 is 0. The van der Waals surface area contributed by atoms with E-state index in [4.69, 9.17) is 0 Å². The predicted molar refractivity (Wildman–Crippen MR) is 76.2 cm³/mol. The van der Waals surface area contributed by atoms with Crippen molar-refractivity contribution in [3.8, 4) is 0 Å². The number of aryl methyl sites for hydroxylation is 1. The van der Waals surface area contributed by atoms with E-state index in [9.17, 15) is 10.1 Å². The van der Waals surface area contributed by atoms with Crippen molar-refractivity contribution < 1.29 is 4.92 Å². The SMILES string of the molecule is Cc1nc(C2CCCN(c3ccc([N+](=O)[O-])cn3)C2)n[nH]1. The van der Waals surface area contributed by atoms with Gasteiger partial charge in [-0.3, -0.25) is 15.2 Å². The van der Waals surface area contributed by atoms with Gasteiger partial charge in [0.25, 0.3) is 5.69 Å². The fraction of sp³-hybridized carbons (Fsp3) is 0.462. The second-order valence-electron chi connectivity index (χ2n) is 5.20. The van der Waals surface area contributed by atoms with E-state index in [2.05, 4.69) is 25.1 Å². The topological polar surface area (TPSA) is 101 Å². The van der Waals surface area contributed by atoms with Gasteiger partial charge in [-0.2, -0.15) is 5.10 Å². The third-order valence-electron chi connectivity index (χ3n) is 3.67. The zero-order chi connectivity index (χ0) is 14.8. The van der Waals surface area contributed by atoms with Crippen molar-refractivity contribution in [1.82, 2.24) is 20.2 Å². The lowest BCUT2D eigenvalue weighted by Crippen LogP contribution is -2.35. The molecule has 8 heteroatoms. The van der Waals surface area contributed by atoms with Crippen LogP contribution in [0.2, 0.25) is 0 Å². The molecule has 0 aromatic carbocycles. The molecule has 0 radical (unpaired) electrons. The first-order valence-corrected chi connectivity index (χ1v) is 6.88. The van der Waals surface area contributed by atoms with Gasteiger partial charge in [-0.25, -0.2) is 9.97 Å². The Morgan fingerprint density at radius 2 is 2.33 bits per heavy atom. The Morgan fingerprint density at radius 3 is 2.95 bits per heavy atom. The molecule has 2 aromatic rings. The highest BCUT2D eigenvalue weighted by Crippen LogP contribution is 2.27. The summed E-state index contributed by atoms with van der Waals surface area (Å²) in [6, 6.07) is 3.19. The van der Waals surface area contributed by atoms with Crippen LogP contribution in [0.15, 0.2) is 18.3 Å². The standard InChI is InChI=1S/C13H16N6O2/c1-9-15-13(17-16-9)10-3-2-6-18(8-10)12-5-4-11(7-14-12)19(20)21/h4-5,7,10H,2-3,6,8H2,1H3,(H,15,16,17). The molecule has 1 unspecified atom stereocenters. The first-order chi connectivity index (χ1) is 10.1. The third kappa shape index (κ3) is 2.83. The lowest BCUT2D eigenvalue weighted by molar-refractivity contribution is -0.385. The maximum absolute atomic E-state index is 10.7. The summed E-state index contributed by atoms with van der Waals surface area (Å²) in [5.74, 6) is 2.67. The van der Waals surface area contributed by atoms with E-state index in [1.807, 2.05) is 6.92 Å². The molecule has 0 spiro atoms. The van der Waals surface area contributed by atoms with Crippen LogP contribution < -0.4 is 4.90 Å². The first kappa shape index (κ1) is 13.5. The molecule has 0 saturated carbocycles. The van der Waals surface area contributed by atoms with Gasteiger partial charge in [0, 0.05) is 25.1 Å². The van der Waals surface area contributed by atoms with E-state index in [-0.39, 0.29) is 11.6 Å². The predicted octanol–water partition coefficient (Wildman–Crippen LogP) is 1.80. The quantitative estimate of drug-likeness (QED) is 0.682. The molecule has 1 N–H and O–H groups in total. The summed E-state index contributed by atoms with van der Waals surface area (Å²) in [5.41, 5.74) is 0.0110. The molecule has 8 nitrogen and oxygen atoms in total. The minimum atomic E-state index is -0.438. The second-order valence-corrected chi connectivity index (χ2v) is 5.20. The molecule has 1 aliphatic rings. The number of pyridine rings is 1. The average molecular weight is 288 g/mol. The normalized spacial score (nSPS) is 18.7. The number of nitrogens with one attached hydrogen (secondary N) is 1. The van der Waals surface area contributed by atoms with Crippen LogP contribution in [-0.2, 0) is 0 Å². The first-order valence-electron chi connectivity index (χ1n) is 6.88. The molecular weight excluding hydrogens is 272 g/mol. The minimum Gasteiger partial charge on any atom is -0.356 e. The van der Waals surface area contributed by atoms with Gasteiger partial charge in [-0.05, 0) is 25.8 Å². The summed E-state index contributed by atoms with van der Waals surface area (Å²) in [6.07, 6.45) is 3.37. The van der Waals surface area contributed by atoms with E-state index in [0.29, 0.717) is 0 Å². The Morgan fingerprint density at radius 1 is 1.48 bits per heavy atom. The molecule has 3 heterocycles. The highest BCUT2D eigenvalue weighted by molar-refractivity contribution is 5.43. The summed E-state index contributed by atoms with van der Waals surface area (Å²) >= 11 is 0. The van der Waals surface area contributed by atoms with Crippen LogP contribution in [0, 0.1) is 17.0 Å². The number of aromatic nitrogens is 4. The van der Waals surface area contributed by atoms with Gasteiger partial charge < -0.3 is 4.90 Å². The summed E-state index contributed by atoms with van der Waals surface area (Å²) in [7, 11) is 0. The van der Waals surface area contributed by atoms with Crippen LogP contribution >= 0.6 is 0 Å². The maximum atomic E-state index is 10.7. The van der Waals surface area contributed by atoms with Gasteiger partial charge >= 0.3 is 0 Å². The molecule has 2 aromatic heterocycles. The number of nitro groups is 1. The van der Waals surface area contributed by atoms with E-state index in [1.54, 1.807) is 6.07 Å². The number of hydrogen-bond donors (Lipinski definition) is 1. The highest BCUT2D eigenvalue weighted by atomic mass is 16.6. The zero-order valence-corrected chi connectivity index (χ0v) is 11.7. The zero-order valence-electron chi connectivity index (χ0n) is 11.7. The fourth-order valence-electron chi connectivity index (χ4n) is 2.61. The van der Waals surface area contributed by atoms with E-state index >= 15 is 0 Å². The van der Waals surface area contributed by atoms with Crippen LogP contribution in [0.4, 0.5) is 11.5 Å². The molecule has 0 bridgehead atoms.